The summed E-state index contributed by atoms with van der Waals surface area (Å²) < 4.78 is 7.03. The highest BCUT2D eigenvalue weighted by Gasteiger charge is 2.17. The van der Waals surface area contributed by atoms with Crippen LogP contribution in [0.15, 0.2) is 42.9 Å². The van der Waals surface area contributed by atoms with Gasteiger partial charge in [-0.2, -0.15) is 10.1 Å². The summed E-state index contributed by atoms with van der Waals surface area (Å²) in [6.07, 6.45) is 4.96. The van der Waals surface area contributed by atoms with Gasteiger partial charge in [0, 0.05) is 18.8 Å². The van der Waals surface area contributed by atoms with Crippen molar-refractivity contribution >= 4 is 29.1 Å². The lowest BCUT2D eigenvalue weighted by atomic mass is 10.1. The number of methoxy groups -OCH3 is 1. The van der Waals surface area contributed by atoms with Crippen LogP contribution in [-0.2, 0) is 7.05 Å². The van der Waals surface area contributed by atoms with Crippen LogP contribution in [-0.4, -0.2) is 38.6 Å². The van der Waals surface area contributed by atoms with Crippen molar-refractivity contribution in [3.8, 4) is 5.75 Å². The van der Waals surface area contributed by atoms with E-state index in [1.807, 2.05) is 31.3 Å². The van der Waals surface area contributed by atoms with Crippen molar-refractivity contribution in [2.24, 2.45) is 7.05 Å². The second-order valence-electron chi connectivity index (χ2n) is 5.54. The second-order valence-corrected chi connectivity index (χ2v) is 5.95. The molecule has 3 aromatic rings. The minimum Gasteiger partial charge on any atom is -0.496 e. The highest BCUT2D eigenvalue weighted by atomic mass is 35.5. The molecule has 0 saturated carbocycles. The van der Waals surface area contributed by atoms with E-state index in [-0.39, 0.29) is 6.61 Å². The molecular formula is C17H19ClN6O2. The minimum absolute atomic E-state index is 0.161. The molecule has 3 N–H and O–H groups in total. The van der Waals surface area contributed by atoms with Gasteiger partial charge in [-0.15, -0.1) is 0 Å². The van der Waals surface area contributed by atoms with Crippen LogP contribution >= 0.6 is 11.6 Å². The van der Waals surface area contributed by atoms with Gasteiger partial charge in [0.15, 0.2) is 5.82 Å². The zero-order valence-corrected chi connectivity index (χ0v) is 15.1. The van der Waals surface area contributed by atoms with E-state index in [4.69, 9.17) is 16.3 Å². The second kappa shape index (κ2) is 8.03. The number of benzene rings is 1. The number of rotatable bonds is 7. The number of halogens is 1. The number of nitrogens with zero attached hydrogens (tertiary/aromatic N) is 4. The highest BCUT2D eigenvalue weighted by Crippen LogP contribution is 2.30. The molecule has 9 heteroatoms. The fraction of sp³-hybridized carbons (Fsp3) is 0.235. The molecule has 0 saturated heterocycles. The third-order valence-corrected chi connectivity index (χ3v) is 3.99. The summed E-state index contributed by atoms with van der Waals surface area (Å²) in [6.45, 7) is -0.161. The average Bonchev–Trinajstić information content (AvgIpc) is 3.06. The van der Waals surface area contributed by atoms with Crippen molar-refractivity contribution in [3.63, 3.8) is 0 Å². The molecule has 0 fully saturated rings. The zero-order valence-electron chi connectivity index (χ0n) is 14.3. The predicted octanol–water partition coefficient (Wildman–Crippen LogP) is 2.76. The average molecular weight is 375 g/mol. The molecule has 2 heterocycles. The molecule has 0 bridgehead atoms. The molecule has 0 aliphatic carbocycles. The predicted molar refractivity (Wildman–Crippen MR) is 100.0 cm³/mol. The van der Waals surface area contributed by atoms with Crippen molar-refractivity contribution in [1.82, 2.24) is 19.7 Å². The zero-order chi connectivity index (χ0) is 18.5. The maximum atomic E-state index is 9.83. The number of para-hydroxylation sites is 1. The Labute approximate surface area is 155 Å². The van der Waals surface area contributed by atoms with E-state index in [0.717, 1.165) is 11.3 Å². The van der Waals surface area contributed by atoms with E-state index in [1.165, 1.54) is 6.20 Å². The number of ether oxygens (including phenoxy) is 1. The Morgan fingerprint density at radius 3 is 2.81 bits per heavy atom. The third-order valence-electron chi connectivity index (χ3n) is 3.71. The first-order valence-corrected chi connectivity index (χ1v) is 8.27. The molecule has 1 atom stereocenters. The van der Waals surface area contributed by atoms with Gasteiger partial charge >= 0.3 is 0 Å². The van der Waals surface area contributed by atoms with Crippen LogP contribution < -0.4 is 15.4 Å². The summed E-state index contributed by atoms with van der Waals surface area (Å²) in [5.41, 5.74) is 1.55. The number of nitrogens with one attached hydrogen (secondary N) is 2. The number of aryl methyl sites for hydroxylation is 1. The summed E-state index contributed by atoms with van der Waals surface area (Å²) in [4.78, 5) is 8.56. The Hall–Kier alpha value is -2.84. The molecule has 0 spiro atoms. The van der Waals surface area contributed by atoms with Gasteiger partial charge in [-0.1, -0.05) is 29.8 Å². The smallest absolute Gasteiger partial charge is 0.229 e. The van der Waals surface area contributed by atoms with E-state index in [0.29, 0.717) is 22.5 Å². The standard InChI is InChI=1S/C17H19ClN6O2/c1-24-9-11(7-20-24)21-17-19-8-13(18)16(23-17)22-14(10-25)12-5-3-4-6-15(12)26-2/h3-9,14,25H,10H2,1-2H3,(H2,19,21,22,23)/t14-/m1/s1. The topological polar surface area (TPSA) is 97.1 Å². The van der Waals surface area contributed by atoms with Gasteiger partial charge in [0.25, 0.3) is 0 Å². The Morgan fingerprint density at radius 1 is 1.31 bits per heavy atom. The molecule has 1 aromatic carbocycles. The van der Waals surface area contributed by atoms with Crippen molar-refractivity contribution in [2.45, 2.75) is 6.04 Å². The molecule has 3 rings (SSSR count). The molecule has 0 aliphatic rings. The van der Waals surface area contributed by atoms with Crippen molar-refractivity contribution < 1.29 is 9.84 Å². The lowest BCUT2D eigenvalue weighted by molar-refractivity contribution is 0.273. The maximum Gasteiger partial charge on any atom is 0.229 e. The molecule has 8 nitrogen and oxygen atoms in total. The summed E-state index contributed by atoms with van der Waals surface area (Å²) in [7, 11) is 3.40. The summed E-state index contributed by atoms with van der Waals surface area (Å²) in [5, 5.41) is 20.5. The summed E-state index contributed by atoms with van der Waals surface area (Å²) >= 11 is 6.22. The first kappa shape index (κ1) is 18.0. The molecule has 26 heavy (non-hydrogen) atoms. The monoisotopic (exact) mass is 374 g/mol. The van der Waals surface area contributed by atoms with Gasteiger partial charge in [0.1, 0.15) is 10.8 Å². The van der Waals surface area contributed by atoms with Crippen LogP contribution in [0.25, 0.3) is 0 Å². The summed E-state index contributed by atoms with van der Waals surface area (Å²) in [5.74, 6) is 1.43. The number of hydrogen-bond acceptors (Lipinski definition) is 7. The van der Waals surface area contributed by atoms with E-state index in [2.05, 4.69) is 25.7 Å². The molecule has 136 valence electrons. The van der Waals surface area contributed by atoms with E-state index >= 15 is 0 Å². The molecule has 2 aromatic heterocycles. The minimum atomic E-state index is -0.440. The number of anilines is 3. The van der Waals surface area contributed by atoms with Gasteiger partial charge < -0.3 is 20.5 Å². The number of hydrogen-bond donors (Lipinski definition) is 3. The van der Waals surface area contributed by atoms with Crippen LogP contribution in [0.1, 0.15) is 11.6 Å². The fourth-order valence-corrected chi connectivity index (χ4v) is 2.63. The molecule has 0 unspecified atom stereocenters. The SMILES string of the molecule is COc1ccccc1[C@@H](CO)Nc1nc(Nc2cnn(C)c2)ncc1Cl. The molecule has 0 amide bonds. The van der Waals surface area contributed by atoms with Crippen molar-refractivity contribution in [2.75, 3.05) is 24.4 Å². The van der Waals surface area contributed by atoms with Crippen molar-refractivity contribution in [3.05, 3.63) is 53.4 Å². The van der Waals surface area contributed by atoms with Gasteiger partial charge in [-0.25, -0.2) is 4.98 Å². The fourth-order valence-electron chi connectivity index (χ4n) is 2.48. The van der Waals surface area contributed by atoms with Gasteiger partial charge in [-0.3, -0.25) is 4.68 Å². The summed E-state index contributed by atoms with van der Waals surface area (Å²) in [6, 6.07) is 7.00. The maximum absolute atomic E-state index is 9.83. The van der Waals surface area contributed by atoms with Crippen molar-refractivity contribution in [1.29, 1.82) is 0 Å². The number of aromatic nitrogens is 4. The third kappa shape index (κ3) is 4.04. The van der Waals surface area contributed by atoms with Crippen LogP contribution in [0.2, 0.25) is 5.02 Å². The number of aliphatic hydroxyl groups is 1. The lowest BCUT2D eigenvalue weighted by Gasteiger charge is -2.20. The molecule has 0 radical (unpaired) electrons. The Bertz CT molecular complexity index is 885. The Kier molecular flexibility index (Phi) is 5.55. The van der Waals surface area contributed by atoms with Gasteiger partial charge in [0.2, 0.25) is 5.95 Å². The van der Waals surface area contributed by atoms with Crippen LogP contribution in [0.4, 0.5) is 17.5 Å². The highest BCUT2D eigenvalue weighted by molar-refractivity contribution is 6.32. The van der Waals surface area contributed by atoms with E-state index < -0.39 is 6.04 Å². The Morgan fingerprint density at radius 2 is 2.12 bits per heavy atom. The molecule has 0 aliphatic heterocycles. The number of aliphatic hydroxyl groups excluding tert-OH is 1. The largest absolute Gasteiger partial charge is 0.496 e. The first-order valence-electron chi connectivity index (χ1n) is 7.89. The quantitative estimate of drug-likeness (QED) is 0.585. The molecular weight excluding hydrogens is 356 g/mol. The normalized spacial score (nSPS) is 11.8. The van der Waals surface area contributed by atoms with Gasteiger partial charge in [0.05, 0.1) is 37.8 Å². The van der Waals surface area contributed by atoms with E-state index in [1.54, 1.807) is 24.2 Å². The lowest BCUT2D eigenvalue weighted by Crippen LogP contribution is -2.17. The van der Waals surface area contributed by atoms with Crippen LogP contribution in [0, 0.1) is 0 Å². The van der Waals surface area contributed by atoms with Gasteiger partial charge in [-0.05, 0) is 6.07 Å². The van der Waals surface area contributed by atoms with Crippen LogP contribution in [0.5, 0.6) is 5.75 Å². The van der Waals surface area contributed by atoms with Crippen LogP contribution in [0.3, 0.4) is 0 Å². The first-order chi connectivity index (χ1) is 12.6. The Balaban J connectivity index is 1.84. The van der Waals surface area contributed by atoms with E-state index in [9.17, 15) is 5.11 Å².